The van der Waals surface area contributed by atoms with Crippen molar-refractivity contribution in [1.82, 2.24) is 9.88 Å². The normalized spacial score (nSPS) is 11.2. The molecule has 0 radical (unpaired) electrons. The summed E-state index contributed by atoms with van der Waals surface area (Å²) in [5, 5.41) is 13.8. The van der Waals surface area contributed by atoms with E-state index in [0.717, 1.165) is 5.69 Å². The van der Waals surface area contributed by atoms with Gasteiger partial charge in [-0.2, -0.15) is 0 Å². The molecule has 1 rings (SSSR count). The van der Waals surface area contributed by atoms with Crippen molar-refractivity contribution in [2.45, 2.75) is 39.5 Å². The molecule has 112 valence electrons. The molecule has 0 aliphatic carbocycles. The van der Waals surface area contributed by atoms with Crippen molar-refractivity contribution in [3.63, 3.8) is 0 Å². The van der Waals surface area contributed by atoms with Crippen LogP contribution < -0.4 is 5.32 Å². The molecule has 0 aliphatic heterocycles. The Bertz CT molecular complexity index is 479. The first-order chi connectivity index (χ1) is 9.24. The van der Waals surface area contributed by atoms with Gasteiger partial charge >= 0.3 is 12.0 Å². The van der Waals surface area contributed by atoms with Crippen molar-refractivity contribution in [3.8, 4) is 0 Å². The van der Waals surface area contributed by atoms with Crippen LogP contribution in [0.1, 0.15) is 39.8 Å². The minimum Gasteiger partial charge on any atom is -0.480 e. The number of nitrogens with zero attached hydrogens (tertiary/aromatic N) is 2. The van der Waals surface area contributed by atoms with Gasteiger partial charge in [-0.15, -0.1) is 11.3 Å². The fourth-order valence-electron chi connectivity index (χ4n) is 1.53. The highest BCUT2D eigenvalue weighted by atomic mass is 32.1. The Hall–Kier alpha value is -1.63. The number of carbonyl (C=O) groups is 2. The zero-order chi connectivity index (χ0) is 15.3. The molecule has 0 saturated carbocycles. The summed E-state index contributed by atoms with van der Waals surface area (Å²) in [6.07, 6.45) is 0.700. The molecule has 2 N–H and O–H groups in total. The van der Waals surface area contributed by atoms with E-state index in [4.69, 9.17) is 5.11 Å². The molecular weight excluding hydrogens is 278 g/mol. The first-order valence-electron chi connectivity index (χ1n) is 6.47. The lowest BCUT2D eigenvalue weighted by molar-refractivity contribution is -0.137. The van der Waals surface area contributed by atoms with Gasteiger partial charge in [0.05, 0.1) is 5.69 Å². The summed E-state index contributed by atoms with van der Waals surface area (Å²) in [4.78, 5) is 28.4. The average Bonchev–Trinajstić information content (AvgIpc) is 2.76. The Balaban J connectivity index is 2.72. The SMILES string of the molecule is CCCN(CC(=O)O)C(=O)Nc1nc(C(C)(C)C)cs1. The largest absolute Gasteiger partial charge is 0.480 e. The van der Waals surface area contributed by atoms with Gasteiger partial charge < -0.3 is 10.0 Å². The van der Waals surface area contributed by atoms with Crippen molar-refractivity contribution in [2.75, 3.05) is 18.4 Å². The summed E-state index contributed by atoms with van der Waals surface area (Å²) in [6, 6.07) is -0.427. The molecule has 0 fully saturated rings. The van der Waals surface area contributed by atoms with Crippen molar-refractivity contribution in [3.05, 3.63) is 11.1 Å². The van der Waals surface area contributed by atoms with Gasteiger partial charge in [-0.3, -0.25) is 10.1 Å². The second-order valence-corrected chi connectivity index (χ2v) is 6.39. The van der Waals surface area contributed by atoms with Gasteiger partial charge in [0.25, 0.3) is 0 Å². The predicted molar refractivity (Wildman–Crippen MR) is 79.3 cm³/mol. The van der Waals surface area contributed by atoms with Crippen molar-refractivity contribution in [1.29, 1.82) is 0 Å². The molecule has 0 spiro atoms. The van der Waals surface area contributed by atoms with Crippen LogP contribution in [0.2, 0.25) is 0 Å². The Morgan fingerprint density at radius 1 is 1.45 bits per heavy atom. The molecule has 1 aromatic rings. The summed E-state index contributed by atoms with van der Waals surface area (Å²) in [7, 11) is 0. The maximum absolute atomic E-state index is 12.0. The van der Waals surface area contributed by atoms with Crippen LogP contribution in [0, 0.1) is 0 Å². The first kappa shape index (κ1) is 16.4. The van der Waals surface area contributed by atoms with Crippen LogP contribution in [0.25, 0.3) is 0 Å². The van der Waals surface area contributed by atoms with E-state index in [2.05, 4.69) is 10.3 Å². The van der Waals surface area contributed by atoms with E-state index in [-0.39, 0.29) is 12.0 Å². The molecule has 0 aliphatic rings. The highest BCUT2D eigenvalue weighted by Crippen LogP contribution is 2.26. The maximum atomic E-state index is 12.0. The fourth-order valence-corrected chi connectivity index (χ4v) is 2.46. The lowest BCUT2D eigenvalue weighted by Gasteiger charge is -2.19. The third kappa shape index (κ3) is 4.80. The van der Waals surface area contributed by atoms with Gasteiger partial charge in [-0.05, 0) is 6.42 Å². The third-order valence-corrected chi connectivity index (χ3v) is 3.35. The summed E-state index contributed by atoms with van der Waals surface area (Å²) >= 11 is 1.34. The number of urea groups is 1. The summed E-state index contributed by atoms with van der Waals surface area (Å²) in [5.74, 6) is -1.02. The van der Waals surface area contributed by atoms with Gasteiger partial charge in [-0.25, -0.2) is 9.78 Å². The highest BCUT2D eigenvalue weighted by Gasteiger charge is 2.20. The number of carboxylic acids is 1. The van der Waals surface area contributed by atoms with Gasteiger partial charge in [0.1, 0.15) is 6.54 Å². The standard InChI is InChI=1S/C13H21N3O3S/c1-5-6-16(7-10(17)18)12(19)15-11-14-9(8-20-11)13(2,3)4/h8H,5-7H2,1-4H3,(H,17,18)(H,14,15,19). The van der Waals surface area contributed by atoms with Crippen LogP contribution in [0.15, 0.2) is 5.38 Å². The minimum atomic E-state index is -1.02. The van der Waals surface area contributed by atoms with Crippen LogP contribution in [-0.2, 0) is 10.2 Å². The third-order valence-electron chi connectivity index (χ3n) is 2.59. The Labute approximate surface area is 122 Å². The van der Waals surface area contributed by atoms with E-state index in [1.165, 1.54) is 16.2 Å². The van der Waals surface area contributed by atoms with Crippen molar-refractivity contribution < 1.29 is 14.7 Å². The zero-order valence-electron chi connectivity index (χ0n) is 12.3. The second kappa shape index (κ2) is 6.69. The first-order valence-corrected chi connectivity index (χ1v) is 7.35. The number of anilines is 1. The quantitative estimate of drug-likeness (QED) is 0.875. The summed E-state index contributed by atoms with van der Waals surface area (Å²) in [5.41, 5.74) is 0.821. The van der Waals surface area contributed by atoms with Gasteiger partial charge in [0.2, 0.25) is 0 Å². The van der Waals surface area contributed by atoms with Gasteiger partial charge in [0.15, 0.2) is 5.13 Å². The Morgan fingerprint density at radius 2 is 2.10 bits per heavy atom. The van der Waals surface area contributed by atoms with E-state index in [0.29, 0.717) is 18.1 Å². The number of rotatable bonds is 5. The van der Waals surface area contributed by atoms with E-state index in [1.54, 1.807) is 0 Å². The zero-order valence-corrected chi connectivity index (χ0v) is 13.1. The van der Waals surface area contributed by atoms with E-state index in [9.17, 15) is 9.59 Å². The number of carboxylic acid groups (broad SMARTS) is 1. The average molecular weight is 299 g/mol. The lowest BCUT2D eigenvalue weighted by atomic mass is 9.93. The van der Waals surface area contributed by atoms with E-state index in [1.807, 2.05) is 33.1 Å². The second-order valence-electron chi connectivity index (χ2n) is 5.53. The van der Waals surface area contributed by atoms with Crippen molar-refractivity contribution >= 4 is 28.5 Å². The highest BCUT2D eigenvalue weighted by molar-refractivity contribution is 7.13. The van der Waals surface area contributed by atoms with Crippen LogP contribution in [0.3, 0.4) is 0 Å². The number of carbonyl (C=O) groups excluding carboxylic acids is 1. The summed E-state index contributed by atoms with van der Waals surface area (Å²) in [6.45, 7) is 8.11. The van der Waals surface area contributed by atoms with Crippen LogP contribution >= 0.6 is 11.3 Å². The Kier molecular flexibility index (Phi) is 5.50. The smallest absolute Gasteiger partial charge is 0.324 e. The number of nitrogens with one attached hydrogen (secondary N) is 1. The number of hydrogen-bond donors (Lipinski definition) is 2. The molecule has 7 heteroatoms. The number of hydrogen-bond acceptors (Lipinski definition) is 4. The topological polar surface area (TPSA) is 82.5 Å². The molecule has 0 atom stereocenters. The number of aliphatic carboxylic acids is 1. The Morgan fingerprint density at radius 3 is 2.55 bits per heavy atom. The molecule has 0 unspecified atom stereocenters. The van der Waals surface area contributed by atoms with Gasteiger partial charge in [-0.1, -0.05) is 27.7 Å². The van der Waals surface area contributed by atoms with Crippen LogP contribution in [-0.4, -0.2) is 40.1 Å². The van der Waals surface area contributed by atoms with E-state index < -0.39 is 12.0 Å². The molecule has 1 aromatic heterocycles. The van der Waals surface area contributed by atoms with Crippen molar-refractivity contribution in [2.24, 2.45) is 0 Å². The van der Waals surface area contributed by atoms with Crippen LogP contribution in [0.5, 0.6) is 0 Å². The molecule has 0 saturated heterocycles. The maximum Gasteiger partial charge on any atom is 0.324 e. The van der Waals surface area contributed by atoms with Crippen LogP contribution in [0.4, 0.5) is 9.93 Å². The van der Waals surface area contributed by atoms with Gasteiger partial charge in [0, 0.05) is 17.3 Å². The molecule has 1 heterocycles. The number of aromatic nitrogens is 1. The summed E-state index contributed by atoms with van der Waals surface area (Å²) < 4.78 is 0. The lowest BCUT2D eigenvalue weighted by Crippen LogP contribution is -2.39. The molecule has 20 heavy (non-hydrogen) atoms. The molecule has 2 amide bonds. The number of thiazole rings is 1. The fraction of sp³-hybridized carbons (Fsp3) is 0.615. The molecule has 6 nitrogen and oxygen atoms in total. The number of amides is 2. The monoisotopic (exact) mass is 299 g/mol. The van der Waals surface area contributed by atoms with E-state index >= 15 is 0 Å². The molecular formula is C13H21N3O3S. The molecule has 0 aromatic carbocycles. The predicted octanol–water partition coefficient (Wildman–Crippen LogP) is 2.77. The molecule has 0 bridgehead atoms. The minimum absolute atomic E-state index is 0.0797.